The number of rotatable bonds is 10. The standard InChI is InChI=1S/C16H18Cl2N2O2.C6H8O7/c1-10-4-13(22-20-10)6-12-8-21-9-16(12)19-7-11-2-3-14(17)15(18)5-11;7-3(8)1-6(13,5(11)12)2-4(9)10/h2-5,12,16,19H,6-9H2,1H3;13H,1-2H2,(H,7,8)(H,9,10)(H,11,12)/t12-,16-;/m1./s1. The normalized spacial score (nSPS) is 17.5. The van der Waals surface area contributed by atoms with Crippen molar-refractivity contribution in [1.29, 1.82) is 0 Å². The molecule has 5 N–H and O–H groups in total. The lowest BCUT2D eigenvalue weighted by Gasteiger charge is -2.18. The van der Waals surface area contributed by atoms with Gasteiger partial charge in [-0.2, -0.15) is 0 Å². The van der Waals surface area contributed by atoms with E-state index in [4.69, 9.17) is 52.9 Å². The third-order valence-electron chi connectivity index (χ3n) is 5.18. The molecule has 0 radical (unpaired) electrons. The van der Waals surface area contributed by atoms with E-state index in [9.17, 15) is 14.4 Å². The molecule has 0 spiro atoms. The fraction of sp³-hybridized carbons (Fsp3) is 0.455. The third kappa shape index (κ3) is 9.11. The summed E-state index contributed by atoms with van der Waals surface area (Å²) in [5, 5.41) is 42.4. The molecule has 0 saturated carbocycles. The van der Waals surface area contributed by atoms with Gasteiger partial charge in [0.1, 0.15) is 5.76 Å². The van der Waals surface area contributed by atoms with Crippen molar-refractivity contribution in [1.82, 2.24) is 10.5 Å². The van der Waals surface area contributed by atoms with Gasteiger partial charge in [-0.05, 0) is 24.6 Å². The number of nitrogens with zero attached hydrogens (tertiary/aromatic N) is 1. The molecule has 0 bridgehead atoms. The van der Waals surface area contributed by atoms with Crippen molar-refractivity contribution in [3.05, 3.63) is 51.3 Å². The molecule has 3 rings (SSSR count). The molecule has 1 aliphatic heterocycles. The number of carbonyl (C=O) groups is 3. The van der Waals surface area contributed by atoms with Crippen molar-refractivity contribution in [2.75, 3.05) is 13.2 Å². The van der Waals surface area contributed by atoms with E-state index in [0.29, 0.717) is 28.6 Å². The van der Waals surface area contributed by atoms with Crippen LogP contribution in [0, 0.1) is 12.8 Å². The molecule has 1 aromatic heterocycles. The van der Waals surface area contributed by atoms with Crippen LogP contribution in [0.2, 0.25) is 10.0 Å². The number of carboxylic acid groups (broad SMARTS) is 3. The Balaban J connectivity index is 0.000000287. The van der Waals surface area contributed by atoms with Gasteiger partial charge in [0.15, 0.2) is 5.60 Å². The molecule has 35 heavy (non-hydrogen) atoms. The average molecular weight is 533 g/mol. The smallest absolute Gasteiger partial charge is 0.336 e. The van der Waals surface area contributed by atoms with Gasteiger partial charge >= 0.3 is 17.9 Å². The first kappa shape index (κ1) is 28.5. The molecule has 2 heterocycles. The van der Waals surface area contributed by atoms with Crippen LogP contribution in [-0.4, -0.2) is 68.3 Å². The van der Waals surface area contributed by atoms with Gasteiger partial charge in [-0.3, -0.25) is 9.59 Å². The van der Waals surface area contributed by atoms with E-state index in [1.807, 2.05) is 31.2 Å². The Bertz CT molecular complexity index is 1030. The highest BCUT2D eigenvalue weighted by Gasteiger charge is 2.40. The zero-order valence-electron chi connectivity index (χ0n) is 18.7. The minimum Gasteiger partial charge on any atom is -0.481 e. The number of aliphatic carboxylic acids is 3. The third-order valence-corrected chi connectivity index (χ3v) is 5.92. The number of nitrogens with one attached hydrogen (secondary N) is 1. The highest BCUT2D eigenvalue weighted by Crippen LogP contribution is 2.24. The number of carboxylic acids is 3. The lowest BCUT2D eigenvalue weighted by atomic mass is 9.96. The molecule has 1 aliphatic rings. The first-order valence-corrected chi connectivity index (χ1v) is 11.2. The van der Waals surface area contributed by atoms with Crippen LogP contribution < -0.4 is 5.32 Å². The second kappa shape index (κ2) is 12.8. The van der Waals surface area contributed by atoms with Gasteiger partial charge in [0.2, 0.25) is 0 Å². The van der Waals surface area contributed by atoms with Crippen LogP contribution in [0.1, 0.15) is 29.9 Å². The van der Waals surface area contributed by atoms with Crippen molar-refractivity contribution >= 4 is 41.1 Å². The van der Waals surface area contributed by atoms with E-state index in [1.165, 1.54) is 0 Å². The Morgan fingerprint density at radius 3 is 2.26 bits per heavy atom. The zero-order valence-corrected chi connectivity index (χ0v) is 20.3. The lowest BCUT2D eigenvalue weighted by Crippen LogP contribution is -2.42. The van der Waals surface area contributed by atoms with E-state index in [-0.39, 0.29) is 0 Å². The highest BCUT2D eigenvalue weighted by molar-refractivity contribution is 6.42. The van der Waals surface area contributed by atoms with Gasteiger partial charge in [0.05, 0.1) is 41.8 Å². The first-order valence-electron chi connectivity index (χ1n) is 10.5. The number of benzene rings is 1. The van der Waals surface area contributed by atoms with Crippen molar-refractivity contribution in [2.24, 2.45) is 5.92 Å². The fourth-order valence-electron chi connectivity index (χ4n) is 3.41. The minimum absolute atomic E-state index is 0.292. The van der Waals surface area contributed by atoms with Crippen LogP contribution in [0.5, 0.6) is 0 Å². The summed E-state index contributed by atoms with van der Waals surface area (Å²) in [7, 11) is 0. The molecule has 2 aromatic rings. The van der Waals surface area contributed by atoms with E-state index in [2.05, 4.69) is 10.5 Å². The zero-order chi connectivity index (χ0) is 26.2. The number of aromatic nitrogens is 1. The number of hydrogen-bond donors (Lipinski definition) is 5. The monoisotopic (exact) mass is 532 g/mol. The molecular weight excluding hydrogens is 507 g/mol. The number of hydrogen-bond acceptors (Lipinski definition) is 8. The Hall–Kier alpha value is -2.70. The van der Waals surface area contributed by atoms with Gasteiger partial charge in [-0.1, -0.05) is 34.4 Å². The first-order chi connectivity index (χ1) is 16.4. The van der Waals surface area contributed by atoms with Crippen molar-refractivity contribution in [3.8, 4) is 0 Å². The van der Waals surface area contributed by atoms with E-state index < -0.39 is 36.4 Å². The van der Waals surface area contributed by atoms with Crippen molar-refractivity contribution in [2.45, 2.75) is 44.4 Å². The maximum absolute atomic E-state index is 10.3. The molecule has 2 atom stereocenters. The SMILES string of the molecule is Cc1cc(C[C@@H]2COC[C@H]2NCc2ccc(Cl)c(Cl)c2)on1.O=C(O)CC(O)(CC(=O)O)C(=O)O. The summed E-state index contributed by atoms with van der Waals surface area (Å²) in [4.78, 5) is 30.5. The molecule has 1 aromatic carbocycles. The molecule has 1 fully saturated rings. The summed E-state index contributed by atoms with van der Waals surface area (Å²) >= 11 is 12.0. The van der Waals surface area contributed by atoms with Crippen molar-refractivity contribution < 1.29 is 44.1 Å². The predicted octanol–water partition coefficient (Wildman–Crippen LogP) is 2.39. The van der Waals surface area contributed by atoms with Gasteiger partial charge in [-0.25, -0.2) is 4.79 Å². The summed E-state index contributed by atoms with van der Waals surface area (Å²) in [6, 6.07) is 7.96. The highest BCUT2D eigenvalue weighted by atomic mass is 35.5. The fourth-order valence-corrected chi connectivity index (χ4v) is 3.73. The van der Waals surface area contributed by atoms with E-state index in [1.54, 1.807) is 0 Å². The van der Waals surface area contributed by atoms with E-state index in [0.717, 1.165) is 36.6 Å². The lowest BCUT2D eigenvalue weighted by molar-refractivity contribution is -0.170. The molecule has 13 heteroatoms. The van der Waals surface area contributed by atoms with Crippen LogP contribution in [-0.2, 0) is 32.1 Å². The molecule has 0 amide bonds. The summed E-state index contributed by atoms with van der Waals surface area (Å²) in [5.74, 6) is -3.72. The van der Waals surface area contributed by atoms with Crippen molar-refractivity contribution in [3.63, 3.8) is 0 Å². The van der Waals surface area contributed by atoms with Gasteiger partial charge in [0, 0.05) is 31.0 Å². The van der Waals surface area contributed by atoms with Crippen LogP contribution in [0.3, 0.4) is 0 Å². The summed E-state index contributed by atoms with van der Waals surface area (Å²) in [5.41, 5.74) is -0.720. The van der Waals surface area contributed by atoms with Gasteiger partial charge in [-0.15, -0.1) is 0 Å². The van der Waals surface area contributed by atoms with E-state index >= 15 is 0 Å². The second-order valence-electron chi connectivity index (χ2n) is 8.15. The van der Waals surface area contributed by atoms with Crippen LogP contribution in [0.15, 0.2) is 28.8 Å². The summed E-state index contributed by atoms with van der Waals surface area (Å²) in [6.07, 6.45) is -1.46. The van der Waals surface area contributed by atoms with Gasteiger partial charge < -0.3 is 35.0 Å². The summed E-state index contributed by atoms with van der Waals surface area (Å²) in [6.45, 7) is 4.10. The Labute approximate surface area is 210 Å². The number of halogens is 2. The average Bonchev–Trinajstić information content (AvgIpc) is 3.36. The maximum Gasteiger partial charge on any atom is 0.336 e. The predicted molar refractivity (Wildman–Crippen MR) is 123 cm³/mol. The number of aliphatic hydroxyl groups is 1. The molecule has 0 unspecified atom stereocenters. The topological polar surface area (TPSA) is 179 Å². The second-order valence-corrected chi connectivity index (χ2v) is 8.96. The molecule has 11 nitrogen and oxygen atoms in total. The maximum atomic E-state index is 10.3. The largest absolute Gasteiger partial charge is 0.481 e. The Kier molecular flexibility index (Phi) is 10.5. The molecule has 192 valence electrons. The molecular formula is C22H26Cl2N2O9. The Morgan fingerprint density at radius 2 is 1.74 bits per heavy atom. The van der Waals surface area contributed by atoms with Crippen LogP contribution in [0.4, 0.5) is 0 Å². The number of ether oxygens (including phenoxy) is 1. The molecule has 0 aliphatic carbocycles. The number of aryl methyl sites for hydroxylation is 1. The van der Waals surface area contributed by atoms with Crippen LogP contribution in [0.25, 0.3) is 0 Å². The minimum atomic E-state index is -2.74. The summed E-state index contributed by atoms with van der Waals surface area (Å²) < 4.78 is 10.9. The quantitative estimate of drug-likeness (QED) is 0.303. The molecule has 1 saturated heterocycles. The Morgan fingerprint density at radius 1 is 1.09 bits per heavy atom. The van der Waals surface area contributed by atoms with Crippen LogP contribution >= 0.6 is 23.2 Å². The van der Waals surface area contributed by atoms with Gasteiger partial charge in [0.25, 0.3) is 0 Å².